The number of carbonyl (C=O) groups excluding carboxylic acids is 1. The molecule has 0 fully saturated rings. The average Bonchev–Trinajstić information content (AvgIpc) is 2.60. The Hall–Kier alpha value is -2.81. The number of hydrogen-bond acceptors (Lipinski definition) is 5. The van der Waals surface area contributed by atoms with Crippen molar-refractivity contribution in [3.05, 3.63) is 48.3 Å². The lowest BCUT2D eigenvalue weighted by Gasteiger charge is -2.25. The SMILES string of the molecule is CS(=O)(=O)N(CCC(=O)Nc1cccc(F)c1)c1ccc2c(c1)OCCO2. The minimum absolute atomic E-state index is 0.0698. The fourth-order valence-corrected chi connectivity index (χ4v) is 3.59. The number of sulfonamides is 1. The van der Waals surface area contributed by atoms with Gasteiger partial charge in [-0.05, 0) is 30.3 Å². The molecular formula is C18H19FN2O5S. The Balaban J connectivity index is 1.71. The Labute approximate surface area is 156 Å². The van der Waals surface area contributed by atoms with Crippen LogP contribution in [0.25, 0.3) is 0 Å². The lowest BCUT2D eigenvalue weighted by atomic mass is 10.2. The largest absolute Gasteiger partial charge is 0.486 e. The van der Waals surface area contributed by atoms with Crippen molar-refractivity contribution in [1.82, 2.24) is 0 Å². The molecule has 0 unspecified atom stereocenters. The second kappa shape index (κ2) is 7.83. The first-order valence-electron chi connectivity index (χ1n) is 8.26. The molecule has 0 radical (unpaired) electrons. The third-order valence-electron chi connectivity index (χ3n) is 3.86. The number of carbonyl (C=O) groups is 1. The van der Waals surface area contributed by atoms with Gasteiger partial charge < -0.3 is 14.8 Å². The monoisotopic (exact) mass is 394 g/mol. The van der Waals surface area contributed by atoms with E-state index in [0.717, 1.165) is 10.6 Å². The van der Waals surface area contributed by atoms with Gasteiger partial charge in [0.2, 0.25) is 15.9 Å². The van der Waals surface area contributed by atoms with Crippen molar-refractivity contribution < 1.29 is 27.1 Å². The summed E-state index contributed by atoms with van der Waals surface area (Å²) in [6.07, 6.45) is 0.965. The molecule has 0 atom stereocenters. The molecule has 0 saturated carbocycles. The lowest BCUT2D eigenvalue weighted by Crippen LogP contribution is -2.33. The van der Waals surface area contributed by atoms with Crippen LogP contribution in [0.1, 0.15) is 6.42 Å². The molecule has 1 heterocycles. The number of rotatable bonds is 6. The number of nitrogens with one attached hydrogen (secondary N) is 1. The molecule has 1 aliphatic heterocycles. The molecule has 7 nitrogen and oxygen atoms in total. The zero-order valence-electron chi connectivity index (χ0n) is 14.6. The van der Waals surface area contributed by atoms with Gasteiger partial charge in [0.15, 0.2) is 11.5 Å². The highest BCUT2D eigenvalue weighted by Gasteiger charge is 2.21. The maximum atomic E-state index is 13.2. The molecule has 1 N–H and O–H groups in total. The molecular weight excluding hydrogens is 375 g/mol. The maximum absolute atomic E-state index is 13.2. The van der Waals surface area contributed by atoms with Crippen molar-refractivity contribution in [2.24, 2.45) is 0 Å². The second-order valence-corrected chi connectivity index (χ2v) is 7.88. The van der Waals surface area contributed by atoms with E-state index >= 15 is 0 Å². The molecule has 2 aromatic carbocycles. The van der Waals surface area contributed by atoms with Crippen LogP contribution < -0.4 is 19.1 Å². The topological polar surface area (TPSA) is 84.9 Å². The summed E-state index contributed by atoms with van der Waals surface area (Å²) in [6, 6.07) is 10.3. The molecule has 1 aliphatic rings. The molecule has 0 spiro atoms. The van der Waals surface area contributed by atoms with Crippen LogP contribution in [0.5, 0.6) is 11.5 Å². The number of nitrogens with zero attached hydrogens (tertiary/aromatic N) is 1. The van der Waals surface area contributed by atoms with E-state index in [9.17, 15) is 17.6 Å². The summed E-state index contributed by atoms with van der Waals surface area (Å²) in [6.45, 7) is 0.743. The van der Waals surface area contributed by atoms with Crippen molar-refractivity contribution in [3.8, 4) is 11.5 Å². The minimum Gasteiger partial charge on any atom is -0.486 e. The lowest BCUT2D eigenvalue weighted by molar-refractivity contribution is -0.116. The highest BCUT2D eigenvalue weighted by Crippen LogP contribution is 2.34. The van der Waals surface area contributed by atoms with Gasteiger partial charge in [0.05, 0.1) is 11.9 Å². The van der Waals surface area contributed by atoms with Crippen molar-refractivity contribution in [3.63, 3.8) is 0 Å². The molecule has 144 valence electrons. The predicted octanol–water partition coefficient (Wildman–Crippen LogP) is 2.39. The third-order valence-corrected chi connectivity index (χ3v) is 5.06. The standard InChI is InChI=1S/C18H19FN2O5S/c1-27(23,24)21(15-5-6-16-17(12-15)26-10-9-25-16)8-7-18(22)20-14-4-2-3-13(19)11-14/h2-6,11-12H,7-10H2,1H3,(H,20,22). The van der Waals surface area contributed by atoms with Crippen LogP contribution in [0.15, 0.2) is 42.5 Å². The number of benzene rings is 2. The summed E-state index contributed by atoms with van der Waals surface area (Å²) in [4.78, 5) is 12.1. The van der Waals surface area contributed by atoms with E-state index in [1.807, 2.05) is 0 Å². The zero-order valence-corrected chi connectivity index (χ0v) is 15.5. The summed E-state index contributed by atoms with van der Waals surface area (Å²) in [5.41, 5.74) is 0.686. The van der Waals surface area contributed by atoms with Gasteiger partial charge in [-0.3, -0.25) is 9.10 Å². The van der Waals surface area contributed by atoms with E-state index in [1.165, 1.54) is 18.2 Å². The molecule has 27 heavy (non-hydrogen) atoms. The van der Waals surface area contributed by atoms with Crippen LogP contribution >= 0.6 is 0 Å². The maximum Gasteiger partial charge on any atom is 0.232 e. The van der Waals surface area contributed by atoms with Gasteiger partial charge in [0, 0.05) is 24.7 Å². The summed E-state index contributed by atoms with van der Waals surface area (Å²) in [7, 11) is -3.62. The summed E-state index contributed by atoms with van der Waals surface area (Å²) in [5.74, 6) is 0.104. The van der Waals surface area contributed by atoms with E-state index in [1.54, 1.807) is 24.3 Å². The van der Waals surface area contributed by atoms with Crippen LogP contribution in [0.3, 0.4) is 0 Å². The van der Waals surface area contributed by atoms with Crippen molar-refractivity contribution >= 4 is 27.3 Å². The Morgan fingerprint density at radius 3 is 2.59 bits per heavy atom. The molecule has 1 amide bonds. The first-order chi connectivity index (χ1) is 12.8. The van der Waals surface area contributed by atoms with E-state index in [0.29, 0.717) is 36.1 Å². The Morgan fingerprint density at radius 1 is 1.15 bits per heavy atom. The van der Waals surface area contributed by atoms with Crippen molar-refractivity contribution in [2.45, 2.75) is 6.42 Å². The molecule has 3 rings (SSSR count). The van der Waals surface area contributed by atoms with E-state index in [4.69, 9.17) is 9.47 Å². The Bertz CT molecular complexity index is 949. The van der Waals surface area contributed by atoms with Gasteiger partial charge in [0.25, 0.3) is 0 Å². The summed E-state index contributed by atoms with van der Waals surface area (Å²) >= 11 is 0. The van der Waals surface area contributed by atoms with Gasteiger partial charge in [-0.2, -0.15) is 0 Å². The molecule has 0 aliphatic carbocycles. The molecule has 2 aromatic rings. The van der Waals surface area contributed by atoms with Gasteiger partial charge >= 0.3 is 0 Å². The first kappa shape index (κ1) is 19.0. The van der Waals surface area contributed by atoms with Gasteiger partial charge in [-0.25, -0.2) is 12.8 Å². The molecule has 0 aromatic heterocycles. The average molecular weight is 394 g/mol. The normalized spacial score (nSPS) is 13.1. The number of hydrogen-bond donors (Lipinski definition) is 1. The number of anilines is 2. The zero-order chi connectivity index (χ0) is 19.4. The quantitative estimate of drug-likeness (QED) is 0.813. The van der Waals surface area contributed by atoms with Gasteiger partial charge in [-0.15, -0.1) is 0 Å². The van der Waals surface area contributed by atoms with Gasteiger partial charge in [0.1, 0.15) is 19.0 Å². The van der Waals surface area contributed by atoms with E-state index in [2.05, 4.69) is 5.32 Å². The molecule has 0 bridgehead atoms. The van der Waals surface area contributed by atoms with E-state index in [-0.39, 0.29) is 13.0 Å². The molecule has 9 heteroatoms. The predicted molar refractivity (Wildman–Crippen MR) is 99.3 cm³/mol. The Morgan fingerprint density at radius 2 is 1.89 bits per heavy atom. The van der Waals surface area contributed by atoms with Gasteiger partial charge in [-0.1, -0.05) is 6.07 Å². The van der Waals surface area contributed by atoms with Crippen LogP contribution in [0, 0.1) is 5.82 Å². The molecule has 0 saturated heterocycles. The Kier molecular flexibility index (Phi) is 5.50. The first-order valence-corrected chi connectivity index (χ1v) is 10.1. The van der Waals surface area contributed by atoms with Crippen LogP contribution in [-0.2, 0) is 14.8 Å². The fourth-order valence-electron chi connectivity index (χ4n) is 2.67. The van der Waals surface area contributed by atoms with Crippen LogP contribution in [0.2, 0.25) is 0 Å². The third kappa shape index (κ3) is 4.88. The number of halogens is 1. The highest BCUT2D eigenvalue weighted by atomic mass is 32.2. The smallest absolute Gasteiger partial charge is 0.232 e. The summed E-state index contributed by atoms with van der Waals surface area (Å²) < 4.78 is 49.6. The van der Waals surface area contributed by atoms with Crippen molar-refractivity contribution in [1.29, 1.82) is 0 Å². The van der Waals surface area contributed by atoms with Crippen LogP contribution in [0.4, 0.5) is 15.8 Å². The number of amides is 1. The van der Waals surface area contributed by atoms with Crippen LogP contribution in [-0.4, -0.2) is 40.3 Å². The second-order valence-electron chi connectivity index (χ2n) is 5.97. The highest BCUT2D eigenvalue weighted by molar-refractivity contribution is 7.92. The van der Waals surface area contributed by atoms with E-state index < -0.39 is 21.7 Å². The summed E-state index contributed by atoms with van der Waals surface area (Å²) in [5, 5.41) is 2.55. The minimum atomic E-state index is -3.62. The fraction of sp³-hybridized carbons (Fsp3) is 0.278. The number of fused-ring (bicyclic) bond motifs is 1. The number of ether oxygens (including phenoxy) is 2. The van der Waals surface area contributed by atoms with Crippen molar-refractivity contribution in [2.75, 3.05) is 35.6 Å².